The molecular weight excluding hydrogens is 504 g/mol. The lowest BCUT2D eigenvalue weighted by molar-refractivity contribution is 0.0557. The molecule has 206 valence electrons. The highest BCUT2D eigenvalue weighted by Crippen LogP contribution is 2.44. The number of aryl methyl sites for hydroxylation is 1. The fraction of sp³-hybridized carbons (Fsp3) is 0.517. The average molecular weight is 543 g/mol. The number of hydrogen-bond donors (Lipinski definition) is 2. The molecule has 0 unspecified atom stereocenters. The Bertz CT molecular complexity index is 1250. The van der Waals surface area contributed by atoms with Gasteiger partial charge >= 0.3 is 6.09 Å². The number of fused-ring (bicyclic) bond motifs is 1. The molecule has 0 saturated heterocycles. The van der Waals surface area contributed by atoms with Crippen LogP contribution < -0.4 is 15.4 Å². The van der Waals surface area contributed by atoms with Crippen LogP contribution >= 0.6 is 11.6 Å². The minimum atomic E-state index is -0.765. The van der Waals surface area contributed by atoms with E-state index < -0.39 is 22.6 Å². The molecule has 0 radical (unpaired) electrons. The van der Waals surface area contributed by atoms with Crippen molar-refractivity contribution in [2.75, 3.05) is 11.9 Å². The zero-order valence-electron chi connectivity index (χ0n) is 23.8. The molecule has 0 spiro atoms. The lowest BCUT2D eigenvalue weighted by Gasteiger charge is -2.35. The van der Waals surface area contributed by atoms with Crippen LogP contribution in [-0.4, -0.2) is 35.0 Å². The number of carbonyl (C=O) groups is 2. The summed E-state index contributed by atoms with van der Waals surface area (Å²) in [7, 11) is 0. The van der Waals surface area contributed by atoms with Crippen LogP contribution in [0, 0.1) is 18.3 Å². The molecule has 2 amide bonds. The molecule has 38 heavy (non-hydrogen) atoms. The number of rotatable bonds is 3. The first-order valence-corrected chi connectivity index (χ1v) is 13.2. The standard InChI is InChI=1S/C29H39ClN4O4/c1-17-14-19(30)16-31-23(17)24(35)32-20-10-11-22-21(15-20)29(9,18(2)12-13-37-22)34-25(27(3,4)5)33-26(36)38-28(6,7)8/h10-11,14-16,18H,12-13H2,1-9H3,(H,32,35)(H,33,34,36)/t18-,29-/m0/s1. The number of benzene rings is 1. The highest BCUT2D eigenvalue weighted by molar-refractivity contribution is 6.30. The van der Waals surface area contributed by atoms with Crippen molar-refractivity contribution in [3.8, 4) is 5.75 Å². The zero-order valence-corrected chi connectivity index (χ0v) is 24.5. The van der Waals surface area contributed by atoms with Crippen LogP contribution in [0.5, 0.6) is 5.75 Å². The van der Waals surface area contributed by atoms with Crippen LogP contribution in [-0.2, 0) is 10.3 Å². The van der Waals surface area contributed by atoms with Crippen LogP contribution in [0.25, 0.3) is 0 Å². The molecule has 3 rings (SSSR count). The molecule has 0 fully saturated rings. The van der Waals surface area contributed by atoms with Crippen molar-refractivity contribution in [3.63, 3.8) is 0 Å². The van der Waals surface area contributed by atoms with Gasteiger partial charge in [-0.05, 0) is 76.8 Å². The van der Waals surface area contributed by atoms with Gasteiger partial charge in [-0.3, -0.25) is 15.1 Å². The summed E-state index contributed by atoms with van der Waals surface area (Å²) in [6.07, 6.45) is 1.65. The number of aromatic nitrogens is 1. The molecule has 0 aliphatic carbocycles. The van der Waals surface area contributed by atoms with Crippen LogP contribution in [0.3, 0.4) is 0 Å². The molecule has 0 saturated carbocycles. The number of aliphatic imine (C=N–C) groups is 1. The number of amidine groups is 1. The Morgan fingerprint density at radius 3 is 2.47 bits per heavy atom. The van der Waals surface area contributed by atoms with Gasteiger partial charge in [0.05, 0.1) is 17.2 Å². The number of nitrogens with zero attached hydrogens (tertiary/aromatic N) is 2. The SMILES string of the molecule is Cc1cc(Cl)cnc1C(=O)Nc1ccc2c(c1)[C@@](C)(/N=C(/NC(=O)OC(C)(C)C)C(C)(C)C)[C@@H](C)CCO2. The monoisotopic (exact) mass is 542 g/mol. The third-order valence-electron chi connectivity index (χ3n) is 6.48. The summed E-state index contributed by atoms with van der Waals surface area (Å²) >= 11 is 6.00. The highest BCUT2D eigenvalue weighted by Gasteiger charge is 2.40. The van der Waals surface area contributed by atoms with Crippen molar-refractivity contribution in [2.24, 2.45) is 16.3 Å². The molecule has 8 nitrogen and oxygen atoms in total. The van der Waals surface area contributed by atoms with E-state index in [0.29, 0.717) is 40.2 Å². The Kier molecular flexibility index (Phi) is 8.46. The van der Waals surface area contributed by atoms with E-state index in [0.717, 1.165) is 12.0 Å². The van der Waals surface area contributed by atoms with Gasteiger partial charge in [0.2, 0.25) is 0 Å². The quantitative estimate of drug-likeness (QED) is 0.324. The first-order valence-electron chi connectivity index (χ1n) is 12.8. The lowest BCUT2D eigenvalue weighted by Crippen LogP contribution is -2.44. The van der Waals surface area contributed by atoms with Crippen molar-refractivity contribution < 1.29 is 19.1 Å². The van der Waals surface area contributed by atoms with Crippen LogP contribution in [0.2, 0.25) is 5.02 Å². The van der Waals surface area contributed by atoms with E-state index in [9.17, 15) is 9.59 Å². The van der Waals surface area contributed by atoms with Crippen molar-refractivity contribution in [1.82, 2.24) is 10.3 Å². The predicted octanol–water partition coefficient (Wildman–Crippen LogP) is 6.90. The zero-order chi connectivity index (χ0) is 28.5. The first-order chi connectivity index (χ1) is 17.5. The third kappa shape index (κ3) is 7.04. The van der Waals surface area contributed by atoms with Crippen molar-refractivity contribution in [2.45, 2.75) is 79.9 Å². The van der Waals surface area contributed by atoms with Gasteiger partial charge in [0.15, 0.2) is 0 Å². The maximum Gasteiger partial charge on any atom is 0.413 e. The molecule has 1 aromatic carbocycles. The molecule has 1 aliphatic rings. The summed E-state index contributed by atoms with van der Waals surface area (Å²) in [5, 5.41) is 6.31. The van der Waals surface area contributed by atoms with Crippen molar-refractivity contribution in [3.05, 3.63) is 52.3 Å². The number of pyridine rings is 1. The van der Waals surface area contributed by atoms with E-state index in [1.54, 1.807) is 19.1 Å². The maximum atomic E-state index is 13.0. The van der Waals surface area contributed by atoms with Gasteiger partial charge in [0.1, 0.15) is 22.9 Å². The first kappa shape index (κ1) is 29.4. The van der Waals surface area contributed by atoms with Gasteiger partial charge in [-0.25, -0.2) is 9.78 Å². The Labute approximate surface area is 230 Å². The summed E-state index contributed by atoms with van der Waals surface area (Å²) in [6, 6.07) is 7.23. The Hall–Kier alpha value is -3.13. The normalized spacial score (nSPS) is 20.1. The maximum absolute atomic E-state index is 13.0. The second-order valence-corrected chi connectivity index (χ2v) is 12.4. The molecule has 1 aliphatic heterocycles. The van der Waals surface area contributed by atoms with E-state index in [2.05, 4.69) is 22.5 Å². The number of alkyl carbamates (subject to hydrolysis) is 1. The van der Waals surface area contributed by atoms with E-state index in [1.165, 1.54) is 6.20 Å². The smallest absolute Gasteiger partial charge is 0.413 e. The lowest BCUT2D eigenvalue weighted by atomic mass is 9.79. The second-order valence-electron chi connectivity index (χ2n) is 12.0. The number of amides is 2. The number of anilines is 1. The Balaban J connectivity index is 2.04. The van der Waals surface area contributed by atoms with E-state index >= 15 is 0 Å². The highest BCUT2D eigenvalue weighted by atomic mass is 35.5. The van der Waals surface area contributed by atoms with Crippen LogP contribution in [0.4, 0.5) is 10.5 Å². The largest absolute Gasteiger partial charge is 0.493 e. The minimum Gasteiger partial charge on any atom is -0.493 e. The summed E-state index contributed by atoms with van der Waals surface area (Å²) in [5.74, 6) is 0.913. The van der Waals surface area contributed by atoms with E-state index in [1.807, 2.05) is 60.6 Å². The predicted molar refractivity (Wildman–Crippen MR) is 151 cm³/mol. The Morgan fingerprint density at radius 2 is 1.87 bits per heavy atom. The Morgan fingerprint density at radius 1 is 1.18 bits per heavy atom. The molecule has 2 aromatic rings. The van der Waals surface area contributed by atoms with Crippen molar-refractivity contribution >= 4 is 35.1 Å². The molecule has 1 aromatic heterocycles. The fourth-order valence-electron chi connectivity index (χ4n) is 4.18. The molecular formula is C29H39ClN4O4. The van der Waals surface area contributed by atoms with Crippen LogP contribution in [0.1, 0.15) is 83.4 Å². The van der Waals surface area contributed by atoms with Gasteiger partial charge in [-0.1, -0.05) is 39.3 Å². The summed E-state index contributed by atoms with van der Waals surface area (Å²) in [5.41, 5.74) is 0.493. The molecule has 2 heterocycles. The number of hydrogen-bond acceptors (Lipinski definition) is 6. The number of ether oxygens (including phenoxy) is 2. The fourth-order valence-corrected chi connectivity index (χ4v) is 4.39. The average Bonchev–Trinajstić information content (AvgIpc) is 2.88. The topological polar surface area (TPSA) is 102 Å². The van der Waals surface area contributed by atoms with Gasteiger partial charge in [0.25, 0.3) is 5.91 Å². The minimum absolute atomic E-state index is 0.0627. The van der Waals surface area contributed by atoms with Crippen LogP contribution in [0.15, 0.2) is 35.5 Å². The second kappa shape index (κ2) is 10.9. The summed E-state index contributed by atoms with van der Waals surface area (Å²) in [6.45, 7) is 17.9. The van der Waals surface area contributed by atoms with E-state index in [4.69, 9.17) is 26.1 Å². The summed E-state index contributed by atoms with van der Waals surface area (Å²) < 4.78 is 11.6. The molecule has 2 atom stereocenters. The number of nitrogens with one attached hydrogen (secondary N) is 2. The number of carbonyl (C=O) groups excluding carboxylic acids is 2. The van der Waals surface area contributed by atoms with Gasteiger partial charge in [0, 0.05) is 22.9 Å². The molecule has 2 N–H and O–H groups in total. The molecule has 0 bridgehead atoms. The van der Waals surface area contributed by atoms with E-state index in [-0.39, 0.29) is 11.8 Å². The molecule has 9 heteroatoms. The summed E-state index contributed by atoms with van der Waals surface area (Å²) in [4.78, 5) is 35.1. The third-order valence-corrected chi connectivity index (χ3v) is 6.69. The van der Waals surface area contributed by atoms with Gasteiger partial charge < -0.3 is 14.8 Å². The van der Waals surface area contributed by atoms with Gasteiger partial charge in [-0.2, -0.15) is 0 Å². The van der Waals surface area contributed by atoms with Gasteiger partial charge in [-0.15, -0.1) is 0 Å². The van der Waals surface area contributed by atoms with Crippen molar-refractivity contribution in [1.29, 1.82) is 0 Å². The number of halogens is 1.